The number of fused-ring (bicyclic) bond motifs is 1. The first-order valence-corrected chi connectivity index (χ1v) is 11.5. The third-order valence-electron chi connectivity index (χ3n) is 4.88. The number of H-pyrrole nitrogens is 1. The molecule has 0 radical (unpaired) electrons. The lowest BCUT2D eigenvalue weighted by molar-refractivity contribution is 0.121. The average Bonchev–Trinajstić information content (AvgIpc) is 3.41. The number of rotatable bonds is 6. The molecule has 5 rings (SSSR count). The predicted octanol–water partition coefficient (Wildman–Crippen LogP) is 2.75. The third-order valence-corrected chi connectivity index (χ3v) is 6.76. The molecule has 4 aromatic rings. The zero-order valence-corrected chi connectivity index (χ0v) is 17.8. The van der Waals surface area contributed by atoms with Gasteiger partial charge in [-0.05, 0) is 17.0 Å². The van der Waals surface area contributed by atoms with Crippen LogP contribution in [0.2, 0.25) is 0 Å². The number of aromatic nitrogens is 5. The van der Waals surface area contributed by atoms with Gasteiger partial charge in [-0.15, -0.1) is 21.5 Å². The van der Waals surface area contributed by atoms with Gasteiger partial charge >= 0.3 is 0 Å². The van der Waals surface area contributed by atoms with Crippen molar-refractivity contribution in [3.8, 4) is 0 Å². The van der Waals surface area contributed by atoms with E-state index < -0.39 is 0 Å². The monoisotopic (exact) mass is 440 g/mol. The number of thioether (sulfide) groups is 1. The second-order valence-electron chi connectivity index (χ2n) is 6.89. The summed E-state index contributed by atoms with van der Waals surface area (Å²) in [5.41, 5.74) is 1.82. The molecular formula is C20H20N6O2S2. The molecule has 30 heavy (non-hydrogen) atoms. The fraction of sp³-hybridized carbons (Fsp3) is 0.300. The van der Waals surface area contributed by atoms with Gasteiger partial charge in [0.25, 0.3) is 5.56 Å². The molecule has 1 N–H and O–H groups in total. The molecule has 0 saturated carbocycles. The summed E-state index contributed by atoms with van der Waals surface area (Å²) < 4.78 is 8.28. The minimum Gasteiger partial charge on any atom is -0.378 e. The van der Waals surface area contributed by atoms with Gasteiger partial charge in [0.2, 0.25) is 5.95 Å². The molecule has 10 heteroatoms. The van der Waals surface area contributed by atoms with E-state index in [-0.39, 0.29) is 5.56 Å². The van der Waals surface area contributed by atoms with Crippen LogP contribution in [0.25, 0.3) is 10.2 Å². The lowest BCUT2D eigenvalue weighted by Crippen LogP contribution is -2.38. The molecule has 4 heterocycles. The van der Waals surface area contributed by atoms with Gasteiger partial charge < -0.3 is 14.6 Å². The predicted molar refractivity (Wildman–Crippen MR) is 118 cm³/mol. The van der Waals surface area contributed by atoms with Crippen molar-refractivity contribution in [1.29, 1.82) is 0 Å². The van der Waals surface area contributed by atoms with Crippen LogP contribution in [-0.4, -0.2) is 51.0 Å². The zero-order chi connectivity index (χ0) is 20.3. The van der Waals surface area contributed by atoms with E-state index in [1.54, 1.807) is 0 Å². The number of benzene rings is 1. The molecule has 0 spiro atoms. The Labute approximate surface area is 180 Å². The first-order chi connectivity index (χ1) is 14.8. The van der Waals surface area contributed by atoms with Gasteiger partial charge in [-0.3, -0.25) is 9.36 Å². The van der Waals surface area contributed by atoms with E-state index in [2.05, 4.69) is 41.8 Å². The Balaban J connectivity index is 1.42. The SMILES string of the molecule is O=c1[nH]c(CSc2nnc(N3CCOCC3)n2Cc2ccccc2)nc2ccsc12. The summed E-state index contributed by atoms with van der Waals surface area (Å²) in [5, 5.41) is 11.6. The van der Waals surface area contributed by atoms with E-state index in [0.717, 1.165) is 29.7 Å². The van der Waals surface area contributed by atoms with Crippen molar-refractivity contribution >= 4 is 39.3 Å². The number of nitrogens with zero attached hydrogens (tertiary/aromatic N) is 5. The Kier molecular flexibility index (Phi) is 5.52. The minimum atomic E-state index is -0.0923. The van der Waals surface area contributed by atoms with Gasteiger partial charge in [-0.1, -0.05) is 42.1 Å². The number of morpholine rings is 1. The molecule has 154 valence electrons. The van der Waals surface area contributed by atoms with Crippen LogP contribution < -0.4 is 10.5 Å². The smallest absolute Gasteiger partial charge is 0.268 e. The highest BCUT2D eigenvalue weighted by molar-refractivity contribution is 7.98. The van der Waals surface area contributed by atoms with Crippen molar-refractivity contribution in [3.63, 3.8) is 0 Å². The average molecular weight is 441 g/mol. The second kappa shape index (κ2) is 8.58. The van der Waals surface area contributed by atoms with E-state index in [1.165, 1.54) is 28.7 Å². The summed E-state index contributed by atoms with van der Waals surface area (Å²) in [6, 6.07) is 12.1. The summed E-state index contributed by atoms with van der Waals surface area (Å²) in [7, 11) is 0. The van der Waals surface area contributed by atoms with Crippen LogP contribution in [0.15, 0.2) is 51.7 Å². The summed E-state index contributed by atoms with van der Waals surface area (Å²) in [4.78, 5) is 21.9. The highest BCUT2D eigenvalue weighted by atomic mass is 32.2. The first kappa shape index (κ1) is 19.3. The number of nitrogens with one attached hydrogen (secondary N) is 1. The molecular weight excluding hydrogens is 420 g/mol. The first-order valence-electron chi connectivity index (χ1n) is 9.67. The largest absolute Gasteiger partial charge is 0.378 e. The van der Waals surface area contributed by atoms with Crippen LogP contribution in [0.5, 0.6) is 0 Å². The highest BCUT2D eigenvalue weighted by Gasteiger charge is 2.21. The summed E-state index contributed by atoms with van der Waals surface area (Å²) >= 11 is 2.93. The van der Waals surface area contributed by atoms with Gasteiger partial charge in [0.15, 0.2) is 5.16 Å². The zero-order valence-electron chi connectivity index (χ0n) is 16.2. The Hall–Kier alpha value is -2.69. The molecule has 8 nitrogen and oxygen atoms in total. The van der Waals surface area contributed by atoms with Gasteiger partial charge in [0.05, 0.1) is 31.0 Å². The van der Waals surface area contributed by atoms with Crippen LogP contribution >= 0.6 is 23.1 Å². The van der Waals surface area contributed by atoms with Crippen molar-refractivity contribution in [2.24, 2.45) is 0 Å². The molecule has 0 aliphatic carbocycles. The van der Waals surface area contributed by atoms with Gasteiger partial charge in [0, 0.05) is 13.1 Å². The molecule has 0 bridgehead atoms. The van der Waals surface area contributed by atoms with Crippen LogP contribution in [0, 0.1) is 0 Å². The topological polar surface area (TPSA) is 88.9 Å². The molecule has 1 aromatic carbocycles. The molecule has 0 amide bonds. The lowest BCUT2D eigenvalue weighted by atomic mass is 10.2. The van der Waals surface area contributed by atoms with E-state index >= 15 is 0 Å². The molecule has 1 aliphatic rings. The maximum Gasteiger partial charge on any atom is 0.268 e. The number of anilines is 1. The van der Waals surface area contributed by atoms with Crippen LogP contribution in [0.3, 0.4) is 0 Å². The number of thiophene rings is 1. The van der Waals surface area contributed by atoms with Crippen molar-refractivity contribution in [2.75, 3.05) is 31.2 Å². The number of hydrogen-bond donors (Lipinski definition) is 1. The van der Waals surface area contributed by atoms with Crippen molar-refractivity contribution in [2.45, 2.75) is 17.5 Å². The van der Waals surface area contributed by atoms with Crippen molar-refractivity contribution in [3.05, 3.63) is 63.5 Å². The molecule has 1 fully saturated rings. The fourth-order valence-electron chi connectivity index (χ4n) is 3.41. The van der Waals surface area contributed by atoms with Crippen LogP contribution in [0.4, 0.5) is 5.95 Å². The number of hydrogen-bond acceptors (Lipinski definition) is 8. The standard InChI is InChI=1S/C20H20N6O2S2/c27-18-17-15(6-11-29-17)21-16(22-18)13-30-20-24-23-19(25-7-9-28-10-8-25)26(20)12-14-4-2-1-3-5-14/h1-6,11H,7-10,12-13H2,(H,21,22,27). The van der Waals surface area contributed by atoms with Crippen molar-refractivity contribution < 1.29 is 4.74 Å². The maximum absolute atomic E-state index is 12.2. The second-order valence-corrected chi connectivity index (χ2v) is 8.75. The summed E-state index contributed by atoms with van der Waals surface area (Å²) in [6.45, 7) is 3.64. The van der Waals surface area contributed by atoms with E-state index in [9.17, 15) is 4.79 Å². The molecule has 1 aliphatic heterocycles. The normalized spacial score (nSPS) is 14.5. The maximum atomic E-state index is 12.2. The molecule has 1 saturated heterocycles. The summed E-state index contributed by atoms with van der Waals surface area (Å²) in [5.74, 6) is 1.99. The van der Waals surface area contributed by atoms with E-state index in [0.29, 0.717) is 36.0 Å². The van der Waals surface area contributed by atoms with Crippen LogP contribution in [0.1, 0.15) is 11.4 Å². The Morgan fingerprint density at radius 2 is 1.97 bits per heavy atom. The molecule has 0 unspecified atom stereocenters. The minimum absolute atomic E-state index is 0.0923. The fourth-order valence-corrected chi connectivity index (χ4v) is 4.94. The third kappa shape index (κ3) is 3.98. The van der Waals surface area contributed by atoms with E-state index in [4.69, 9.17) is 4.74 Å². The van der Waals surface area contributed by atoms with Gasteiger partial charge in [0.1, 0.15) is 10.5 Å². The Morgan fingerprint density at radius 1 is 1.13 bits per heavy atom. The lowest BCUT2D eigenvalue weighted by Gasteiger charge is -2.28. The highest BCUT2D eigenvalue weighted by Crippen LogP contribution is 2.26. The van der Waals surface area contributed by atoms with E-state index in [1.807, 2.05) is 29.6 Å². The number of aromatic amines is 1. The quantitative estimate of drug-likeness (QED) is 0.461. The molecule has 3 aromatic heterocycles. The molecule has 0 atom stereocenters. The van der Waals surface area contributed by atoms with Crippen LogP contribution in [-0.2, 0) is 17.0 Å². The summed E-state index contributed by atoms with van der Waals surface area (Å²) in [6.07, 6.45) is 0. The van der Waals surface area contributed by atoms with Crippen molar-refractivity contribution in [1.82, 2.24) is 24.7 Å². The number of ether oxygens (including phenoxy) is 1. The van der Waals surface area contributed by atoms with Gasteiger partial charge in [-0.25, -0.2) is 4.98 Å². The Bertz CT molecular complexity index is 1200. The van der Waals surface area contributed by atoms with Gasteiger partial charge in [-0.2, -0.15) is 0 Å². The Morgan fingerprint density at radius 3 is 2.80 bits per heavy atom.